The van der Waals surface area contributed by atoms with Gasteiger partial charge in [-0.05, 0) is 31.5 Å². The van der Waals surface area contributed by atoms with Crippen molar-refractivity contribution in [3.8, 4) is 0 Å². The number of aryl methyl sites for hydroxylation is 2. The topological polar surface area (TPSA) is 41.4 Å². The highest BCUT2D eigenvalue weighted by Gasteiger charge is 2.22. The first-order valence-corrected chi connectivity index (χ1v) is 9.74. The Morgan fingerprint density at radius 2 is 1.89 bits per heavy atom. The fourth-order valence-corrected chi connectivity index (χ4v) is 3.66. The van der Waals surface area contributed by atoms with Crippen LogP contribution in [-0.4, -0.2) is 51.7 Å². The molecule has 1 aromatic heterocycles. The fraction of sp³-hybridized carbons (Fsp3) is 0.474. The summed E-state index contributed by atoms with van der Waals surface area (Å²) in [5, 5.41) is 5.47. The summed E-state index contributed by atoms with van der Waals surface area (Å²) in [7, 11) is 0. The van der Waals surface area contributed by atoms with Gasteiger partial charge in [-0.15, -0.1) is 0 Å². The fourth-order valence-electron chi connectivity index (χ4n) is 3.30. The molecule has 2 heterocycles. The molecule has 3 rings (SSSR count). The van der Waals surface area contributed by atoms with Gasteiger partial charge < -0.3 is 4.90 Å². The lowest BCUT2D eigenvalue weighted by Crippen LogP contribution is -2.48. The van der Waals surface area contributed by atoms with Gasteiger partial charge in [0.2, 0.25) is 5.91 Å². The molecule has 27 heavy (non-hydrogen) atoms. The number of carbonyl (C=O) groups is 1. The normalized spacial score (nSPS) is 15.4. The van der Waals surface area contributed by atoms with Crippen LogP contribution in [0.5, 0.6) is 0 Å². The van der Waals surface area contributed by atoms with Gasteiger partial charge in [0, 0.05) is 44.2 Å². The van der Waals surface area contributed by atoms with Crippen molar-refractivity contribution in [2.24, 2.45) is 0 Å². The van der Waals surface area contributed by atoms with Crippen LogP contribution in [0.2, 0.25) is 10.0 Å². The third-order valence-electron chi connectivity index (χ3n) is 4.96. The van der Waals surface area contributed by atoms with E-state index in [2.05, 4.69) is 10.00 Å². The van der Waals surface area contributed by atoms with Crippen molar-refractivity contribution < 1.29 is 9.18 Å². The first-order valence-electron chi connectivity index (χ1n) is 8.98. The number of rotatable bonds is 5. The predicted octanol–water partition coefficient (Wildman–Crippen LogP) is 3.68. The standard InChI is InChI=1S/C19H23Cl2FN4O/c1-13-19(21)14(2)26(23-13)6-5-18(27)25-9-7-24(8-10-25)12-15-3-4-16(22)11-17(15)20/h3-4,11H,5-10,12H2,1-2H3. The number of piperazine rings is 1. The van der Waals surface area contributed by atoms with Crippen molar-refractivity contribution in [1.82, 2.24) is 19.6 Å². The molecule has 0 atom stereocenters. The van der Waals surface area contributed by atoms with Crippen LogP contribution in [-0.2, 0) is 17.9 Å². The zero-order chi connectivity index (χ0) is 19.6. The maximum absolute atomic E-state index is 13.2. The molecule has 2 aromatic rings. The molecule has 5 nitrogen and oxygen atoms in total. The highest BCUT2D eigenvalue weighted by molar-refractivity contribution is 6.32. The second-order valence-corrected chi connectivity index (χ2v) is 7.64. The second-order valence-electron chi connectivity index (χ2n) is 6.85. The smallest absolute Gasteiger partial charge is 0.224 e. The molecule has 1 aromatic carbocycles. The molecule has 1 amide bonds. The van der Waals surface area contributed by atoms with Crippen LogP contribution in [0.1, 0.15) is 23.4 Å². The lowest BCUT2D eigenvalue weighted by molar-refractivity contribution is -0.133. The molecule has 1 saturated heterocycles. The van der Waals surface area contributed by atoms with Crippen molar-refractivity contribution in [1.29, 1.82) is 0 Å². The van der Waals surface area contributed by atoms with Crippen LogP contribution in [0.4, 0.5) is 4.39 Å². The van der Waals surface area contributed by atoms with E-state index in [-0.39, 0.29) is 11.7 Å². The van der Waals surface area contributed by atoms with Crippen LogP contribution in [0.3, 0.4) is 0 Å². The van der Waals surface area contributed by atoms with E-state index in [1.807, 2.05) is 18.7 Å². The van der Waals surface area contributed by atoms with Crippen molar-refractivity contribution in [3.63, 3.8) is 0 Å². The molecule has 0 unspecified atom stereocenters. The predicted molar refractivity (Wildman–Crippen MR) is 105 cm³/mol. The Morgan fingerprint density at radius 3 is 2.48 bits per heavy atom. The molecule has 0 N–H and O–H groups in total. The summed E-state index contributed by atoms with van der Waals surface area (Å²) in [5.74, 6) is -0.207. The van der Waals surface area contributed by atoms with Gasteiger partial charge in [-0.1, -0.05) is 29.3 Å². The Bertz CT molecular complexity index is 831. The highest BCUT2D eigenvalue weighted by atomic mass is 35.5. The quantitative estimate of drug-likeness (QED) is 0.751. The summed E-state index contributed by atoms with van der Waals surface area (Å²) >= 11 is 12.3. The van der Waals surface area contributed by atoms with E-state index in [1.165, 1.54) is 12.1 Å². The minimum absolute atomic E-state index is 0.123. The van der Waals surface area contributed by atoms with Crippen molar-refractivity contribution in [2.75, 3.05) is 26.2 Å². The average molecular weight is 413 g/mol. The third-order valence-corrected chi connectivity index (χ3v) is 5.86. The van der Waals surface area contributed by atoms with Crippen LogP contribution < -0.4 is 0 Å². The number of aromatic nitrogens is 2. The number of hydrogen-bond acceptors (Lipinski definition) is 3. The van der Waals surface area contributed by atoms with E-state index in [0.717, 1.165) is 30.0 Å². The summed E-state index contributed by atoms with van der Waals surface area (Å²) in [6, 6.07) is 4.48. The Kier molecular flexibility index (Phi) is 6.40. The zero-order valence-electron chi connectivity index (χ0n) is 15.5. The van der Waals surface area contributed by atoms with Gasteiger partial charge >= 0.3 is 0 Å². The van der Waals surface area contributed by atoms with Gasteiger partial charge in [-0.2, -0.15) is 5.10 Å². The van der Waals surface area contributed by atoms with Gasteiger partial charge in [0.15, 0.2) is 0 Å². The second kappa shape index (κ2) is 8.59. The number of benzene rings is 1. The Labute approximate surface area is 168 Å². The van der Waals surface area contributed by atoms with Crippen LogP contribution in [0.25, 0.3) is 0 Å². The third kappa shape index (κ3) is 4.81. The van der Waals surface area contributed by atoms with Gasteiger partial charge in [-0.3, -0.25) is 14.4 Å². The van der Waals surface area contributed by atoms with Crippen molar-refractivity contribution >= 4 is 29.1 Å². The first kappa shape index (κ1) is 20.1. The zero-order valence-corrected chi connectivity index (χ0v) is 17.0. The maximum atomic E-state index is 13.2. The SMILES string of the molecule is Cc1nn(CCC(=O)N2CCN(Cc3ccc(F)cc3Cl)CC2)c(C)c1Cl. The van der Waals surface area contributed by atoms with E-state index in [9.17, 15) is 9.18 Å². The molecule has 146 valence electrons. The van der Waals surface area contributed by atoms with E-state index in [4.69, 9.17) is 23.2 Å². The van der Waals surface area contributed by atoms with Gasteiger partial charge in [0.1, 0.15) is 5.82 Å². The van der Waals surface area contributed by atoms with E-state index < -0.39 is 0 Å². The summed E-state index contributed by atoms with van der Waals surface area (Å²) in [6.45, 7) is 7.85. The molecule has 0 aliphatic carbocycles. The molecular formula is C19H23Cl2FN4O. The summed E-state index contributed by atoms with van der Waals surface area (Å²) in [6.07, 6.45) is 0.405. The van der Waals surface area contributed by atoms with Gasteiger partial charge in [-0.25, -0.2) is 4.39 Å². The lowest BCUT2D eigenvalue weighted by atomic mass is 10.2. The summed E-state index contributed by atoms with van der Waals surface area (Å²) in [4.78, 5) is 16.6. The Hall–Kier alpha value is -1.63. The first-order chi connectivity index (χ1) is 12.8. The number of hydrogen-bond donors (Lipinski definition) is 0. The molecule has 0 spiro atoms. The van der Waals surface area contributed by atoms with Crippen LogP contribution in [0.15, 0.2) is 18.2 Å². The van der Waals surface area contributed by atoms with E-state index >= 15 is 0 Å². The van der Waals surface area contributed by atoms with E-state index in [1.54, 1.807) is 10.7 Å². The van der Waals surface area contributed by atoms with Crippen LogP contribution >= 0.6 is 23.2 Å². The maximum Gasteiger partial charge on any atom is 0.224 e. The van der Waals surface area contributed by atoms with E-state index in [0.29, 0.717) is 42.6 Å². The number of nitrogens with zero attached hydrogens (tertiary/aromatic N) is 4. The molecular weight excluding hydrogens is 390 g/mol. The Morgan fingerprint density at radius 1 is 1.19 bits per heavy atom. The molecule has 8 heteroatoms. The van der Waals surface area contributed by atoms with Gasteiger partial charge in [0.25, 0.3) is 0 Å². The number of amides is 1. The van der Waals surface area contributed by atoms with Crippen LogP contribution in [0, 0.1) is 19.7 Å². The van der Waals surface area contributed by atoms with Gasteiger partial charge in [0.05, 0.1) is 23.0 Å². The average Bonchev–Trinajstić information content (AvgIpc) is 2.89. The molecule has 0 bridgehead atoms. The van der Waals surface area contributed by atoms with Crippen molar-refractivity contribution in [3.05, 3.63) is 51.0 Å². The molecule has 1 aliphatic heterocycles. The molecule has 0 saturated carbocycles. The molecule has 1 aliphatic rings. The Balaban J connectivity index is 1.48. The minimum Gasteiger partial charge on any atom is -0.340 e. The minimum atomic E-state index is -0.330. The summed E-state index contributed by atoms with van der Waals surface area (Å²) < 4.78 is 14.9. The summed E-state index contributed by atoms with van der Waals surface area (Å²) in [5.41, 5.74) is 2.58. The molecule has 0 radical (unpaired) electrons. The largest absolute Gasteiger partial charge is 0.340 e. The molecule has 1 fully saturated rings. The number of carbonyl (C=O) groups excluding carboxylic acids is 1. The monoisotopic (exact) mass is 412 g/mol. The lowest BCUT2D eigenvalue weighted by Gasteiger charge is -2.35. The number of halogens is 3. The van der Waals surface area contributed by atoms with Crippen molar-refractivity contribution in [2.45, 2.75) is 33.4 Å². The highest BCUT2D eigenvalue weighted by Crippen LogP contribution is 2.21.